The van der Waals surface area contributed by atoms with E-state index in [1.165, 1.54) is 0 Å². The molecule has 0 aliphatic heterocycles. The maximum atomic E-state index is 10.2. The fourth-order valence-electron chi connectivity index (χ4n) is 0.606. The lowest BCUT2D eigenvalue weighted by molar-refractivity contribution is -0.141. The molecule has 0 spiro atoms. The van der Waals surface area contributed by atoms with Crippen molar-refractivity contribution in [3.63, 3.8) is 0 Å². The Morgan fingerprint density at radius 3 is 1.42 bits per heavy atom. The Kier molecular flexibility index (Phi) is 4.24. The fraction of sp³-hybridized carbons (Fsp3) is 0.667. The molecular formula is C6H12N2O4. The molecule has 0 radical (unpaired) electrons. The Hall–Kier alpha value is -1.14. The van der Waals surface area contributed by atoms with Gasteiger partial charge < -0.3 is 21.7 Å². The zero-order chi connectivity index (χ0) is 9.72. The van der Waals surface area contributed by atoms with Crippen LogP contribution in [0.5, 0.6) is 0 Å². The number of carboxylic acids is 2. The van der Waals surface area contributed by atoms with Gasteiger partial charge >= 0.3 is 11.9 Å². The molecule has 0 heterocycles. The van der Waals surface area contributed by atoms with Gasteiger partial charge in [-0.15, -0.1) is 0 Å². The van der Waals surface area contributed by atoms with Crippen LogP contribution in [0.1, 0.15) is 12.8 Å². The first kappa shape index (κ1) is 10.9. The summed E-state index contributed by atoms with van der Waals surface area (Å²) in [6.07, 6.45) is 0.144. The van der Waals surface area contributed by atoms with Crippen molar-refractivity contribution in [2.45, 2.75) is 24.9 Å². The topological polar surface area (TPSA) is 127 Å². The number of hydrogen-bond donors (Lipinski definition) is 4. The largest absolute Gasteiger partial charge is 0.480 e. The van der Waals surface area contributed by atoms with Crippen molar-refractivity contribution in [3.05, 3.63) is 0 Å². The standard InChI is InChI=1S/C6H12N2O4/c7-3(5(9)10)1-2-4(8)6(11)12/h3-4H,1-2,7-8H2,(H,9,10)(H,11,12)/t3-,4-/m0/s1. The summed E-state index contributed by atoms with van der Waals surface area (Å²) in [5.41, 5.74) is 10.2. The SMILES string of the molecule is N[C@@H](CC[C@H](N)C(=O)O)C(=O)O. The summed E-state index contributed by atoms with van der Waals surface area (Å²) < 4.78 is 0. The molecule has 6 nitrogen and oxygen atoms in total. The van der Waals surface area contributed by atoms with E-state index in [-0.39, 0.29) is 12.8 Å². The highest BCUT2D eigenvalue weighted by Gasteiger charge is 2.16. The average molecular weight is 176 g/mol. The Labute approximate surface area is 69.2 Å². The summed E-state index contributed by atoms with van der Waals surface area (Å²) in [5.74, 6) is -2.29. The molecule has 0 bridgehead atoms. The molecule has 12 heavy (non-hydrogen) atoms. The van der Waals surface area contributed by atoms with Crippen molar-refractivity contribution in [2.24, 2.45) is 11.5 Å². The lowest BCUT2D eigenvalue weighted by Gasteiger charge is -2.08. The lowest BCUT2D eigenvalue weighted by atomic mass is 10.1. The van der Waals surface area contributed by atoms with Gasteiger partial charge in [-0.3, -0.25) is 9.59 Å². The molecule has 0 rings (SSSR count). The van der Waals surface area contributed by atoms with Crippen LogP contribution < -0.4 is 11.5 Å². The maximum absolute atomic E-state index is 10.2. The highest BCUT2D eigenvalue weighted by molar-refractivity contribution is 5.74. The van der Waals surface area contributed by atoms with Crippen LogP contribution >= 0.6 is 0 Å². The smallest absolute Gasteiger partial charge is 0.320 e. The molecule has 6 N–H and O–H groups in total. The van der Waals surface area contributed by atoms with Gasteiger partial charge in [0.2, 0.25) is 0 Å². The van der Waals surface area contributed by atoms with E-state index in [0.717, 1.165) is 0 Å². The predicted octanol–water partition coefficient (Wildman–Crippen LogP) is -1.41. The third kappa shape index (κ3) is 3.89. The fourth-order valence-corrected chi connectivity index (χ4v) is 0.606. The molecule has 2 atom stereocenters. The van der Waals surface area contributed by atoms with E-state index in [9.17, 15) is 9.59 Å². The molecule has 0 aliphatic carbocycles. The molecule has 0 unspecified atom stereocenters. The van der Waals surface area contributed by atoms with Crippen molar-refractivity contribution >= 4 is 11.9 Å². The Bertz CT molecular complexity index is 162. The van der Waals surface area contributed by atoms with Crippen molar-refractivity contribution in [1.82, 2.24) is 0 Å². The maximum Gasteiger partial charge on any atom is 0.320 e. The van der Waals surface area contributed by atoms with Crippen LogP contribution in [0.25, 0.3) is 0 Å². The highest BCUT2D eigenvalue weighted by Crippen LogP contribution is 1.98. The Balaban J connectivity index is 3.68. The summed E-state index contributed by atoms with van der Waals surface area (Å²) in [7, 11) is 0. The molecule has 0 aromatic carbocycles. The van der Waals surface area contributed by atoms with Crippen LogP contribution in [0, 0.1) is 0 Å². The van der Waals surface area contributed by atoms with E-state index in [4.69, 9.17) is 21.7 Å². The van der Waals surface area contributed by atoms with Gasteiger partial charge in [-0.2, -0.15) is 0 Å². The van der Waals surface area contributed by atoms with E-state index in [1.807, 2.05) is 0 Å². The number of hydrogen-bond acceptors (Lipinski definition) is 4. The first-order chi connectivity index (χ1) is 5.45. The van der Waals surface area contributed by atoms with Crippen LogP contribution in [0.4, 0.5) is 0 Å². The summed E-state index contributed by atoms with van der Waals surface area (Å²) in [6, 6.07) is -2.06. The molecule has 70 valence electrons. The third-order valence-electron chi connectivity index (χ3n) is 1.42. The monoisotopic (exact) mass is 176 g/mol. The molecule has 0 fully saturated rings. The van der Waals surface area contributed by atoms with Gasteiger partial charge in [0, 0.05) is 0 Å². The van der Waals surface area contributed by atoms with Gasteiger partial charge in [0.25, 0.3) is 0 Å². The zero-order valence-corrected chi connectivity index (χ0v) is 6.43. The second-order valence-corrected chi connectivity index (χ2v) is 2.47. The number of rotatable bonds is 5. The number of carbonyl (C=O) groups is 2. The quantitative estimate of drug-likeness (QED) is 0.407. The Morgan fingerprint density at radius 2 is 1.25 bits per heavy atom. The highest BCUT2D eigenvalue weighted by atomic mass is 16.4. The van der Waals surface area contributed by atoms with E-state index in [2.05, 4.69) is 0 Å². The van der Waals surface area contributed by atoms with Gasteiger partial charge in [0.15, 0.2) is 0 Å². The van der Waals surface area contributed by atoms with Crippen molar-refractivity contribution in [2.75, 3.05) is 0 Å². The minimum atomic E-state index is -1.15. The molecular weight excluding hydrogens is 164 g/mol. The second-order valence-electron chi connectivity index (χ2n) is 2.47. The van der Waals surface area contributed by atoms with Crippen LogP contribution in [0.15, 0.2) is 0 Å². The van der Waals surface area contributed by atoms with Crippen LogP contribution in [0.2, 0.25) is 0 Å². The minimum absolute atomic E-state index is 0.0722. The third-order valence-corrected chi connectivity index (χ3v) is 1.42. The van der Waals surface area contributed by atoms with E-state index >= 15 is 0 Å². The van der Waals surface area contributed by atoms with E-state index in [0.29, 0.717) is 0 Å². The minimum Gasteiger partial charge on any atom is -0.480 e. The molecule has 0 saturated carbocycles. The van der Waals surface area contributed by atoms with Crippen molar-refractivity contribution in [1.29, 1.82) is 0 Å². The summed E-state index contributed by atoms with van der Waals surface area (Å²) in [5, 5.41) is 16.6. The van der Waals surface area contributed by atoms with Crippen molar-refractivity contribution in [3.8, 4) is 0 Å². The van der Waals surface area contributed by atoms with Gasteiger partial charge in [-0.25, -0.2) is 0 Å². The van der Waals surface area contributed by atoms with Gasteiger partial charge in [-0.1, -0.05) is 0 Å². The molecule has 0 saturated heterocycles. The number of aliphatic carboxylic acids is 2. The van der Waals surface area contributed by atoms with Crippen molar-refractivity contribution < 1.29 is 19.8 Å². The lowest BCUT2D eigenvalue weighted by Crippen LogP contribution is -2.35. The van der Waals surface area contributed by atoms with Crippen LogP contribution in [-0.2, 0) is 9.59 Å². The van der Waals surface area contributed by atoms with E-state index < -0.39 is 24.0 Å². The molecule has 0 aliphatic rings. The predicted molar refractivity (Wildman–Crippen MR) is 40.5 cm³/mol. The molecule has 0 aromatic rings. The number of nitrogens with two attached hydrogens (primary N) is 2. The van der Waals surface area contributed by atoms with Crippen LogP contribution in [-0.4, -0.2) is 34.2 Å². The molecule has 0 aromatic heterocycles. The van der Waals surface area contributed by atoms with E-state index in [1.54, 1.807) is 0 Å². The van der Waals surface area contributed by atoms with Gasteiger partial charge in [0.05, 0.1) is 0 Å². The average Bonchev–Trinajstić information content (AvgIpc) is 1.98. The summed E-state index contributed by atoms with van der Waals surface area (Å²) in [4.78, 5) is 20.3. The van der Waals surface area contributed by atoms with Gasteiger partial charge in [-0.05, 0) is 12.8 Å². The normalized spacial score (nSPS) is 15.2. The summed E-state index contributed by atoms with van der Waals surface area (Å²) in [6.45, 7) is 0. The zero-order valence-electron chi connectivity index (χ0n) is 6.43. The second kappa shape index (κ2) is 4.68. The van der Waals surface area contributed by atoms with Gasteiger partial charge in [0.1, 0.15) is 12.1 Å². The van der Waals surface area contributed by atoms with Crippen LogP contribution in [0.3, 0.4) is 0 Å². The molecule has 6 heteroatoms. The summed E-state index contributed by atoms with van der Waals surface area (Å²) >= 11 is 0. The number of carboxylic acid groups (broad SMARTS) is 2. The Morgan fingerprint density at radius 1 is 1.00 bits per heavy atom. The molecule has 0 amide bonds. The first-order valence-electron chi connectivity index (χ1n) is 3.42. The first-order valence-corrected chi connectivity index (χ1v) is 3.42.